The number of hydrogen-bond donors (Lipinski definition) is 1. The maximum absolute atomic E-state index is 13.4. The Balaban J connectivity index is 2.04. The first-order chi connectivity index (χ1) is 16.1. The largest absolute Gasteiger partial charge is 0.438 e. The van der Waals surface area contributed by atoms with E-state index in [-0.39, 0.29) is 66.0 Å². The molecule has 1 amide bonds. The van der Waals surface area contributed by atoms with Crippen molar-refractivity contribution in [3.05, 3.63) is 39.6 Å². The molecule has 1 fully saturated rings. The maximum Gasteiger partial charge on any atom is 0.272 e. The summed E-state index contributed by atoms with van der Waals surface area (Å²) < 4.78 is 40.6. The molecule has 1 aromatic heterocycles. The summed E-state index contributed by atoms with van der Waals surface area (Å²) in [7, 11) is -4.11. The van der Waals surface area contributed by atoms with Gasteiger partial charge in [0.25, 0.3) is 11.6 Å². The number of sulfonamides is 1. The second-order valence-corrected chi connectivity index (χ2v) is 10.1. The van der Waals surface area contributed by atoms with Crippen LogP contribution in [0, 0.1) is 23.0 Å². The molecule has 0 bridgehead atoms. The Kier molecular flexibility index (Phi) is 7.89. The van der Waals surface area contributed by atoms with Crippen LogP contribution in [0.15, 0.2) is 23.1 Å². The summed E-state index contributed by atoms with van der Waals surface area (Å²) >= 11 is 0. The number of nitrogens with one attached hydrogen (secondary N) is 1. The van der Waals surface area contributed by atoms with Gasteiger partial charge in [-0.25, -0.2) is 13.1 Å². The Morgan fingerprint density at radius 1 is 1.32 bits per heavy atom. The van der Waals surface area contributed by atoms with Gasteiger partial charge in [-0.05, 0) is 25.8 Å². The third-order valence-electron chi connectivity index (χ3n) is 5.25. The molecule has 0 unspecified atom stereocenters. The Morgan fingerprint density at radius 3 is 2.59 bits per heavy atom. The number of non-ortho nitro benzene ring substituents is 1. The summed E-state index contributed by atoms with van der Waals surface area (Å²) in [6, 6.07) is 3.40. The van der Waals surface area contributed by atoms with Gasteiger partial charge < -0.3 is 14.8 Å². The quantitative estimate of drug-likeness (QED) is 0.412. The van der Waals surface area contributed by atoms with Crippen LogP contribution in [0.2, 0.25) is 0 Å². The van der Waals surface area contributed by atoms with Crippen molar-refractivity contribution >= 4 is 21.6 Å². The van der Waals surface area contributed by atoms with Crippen LogP contribution < -0.4 is 10.1 Å². The monoisotopic (exact) mass is 495 g/mol. The number of carbonyl (C=O) groups is 1. The fourth-order valence-corrected chi connectivity index (χ4v) is 4.94. The van der Waals surface area contributed by atoms with Crippen LogP contribution >= 0.6 is 0 Å². The lowest BCUT2D eigenvalue weighted by Gasteiger charge is -2.26. The molecule has 1 N–H and O–H groups in total. The number of carbonyl (C=O) groups excluding carboxylic acids is 1. The lowest BCUT2D eigenvalue weighted by atomic mass is 10.2. The predicted molar refractivity (Wildman–Crippen MR) is 123 cm³/mol. The van der Waals surface area contributed by atoms with Crippen molar-refractivity contribution < 1.29 is 27.6 Å². The zero-order chi connectivity index (χ0) is 25.0. The number of aryl methyl sites for hydroxylation is 1. The van der Waals surface area contributed by atoms with E-state index in [1.807, 2.05) is 13.8 Å². The second-order valence-electron chi connectivity index (χ2n) is 8.21. The van der Waals surface area contributed by atoms with Crippen molar-refractivity contribution in [2.45, 2.75) is 39.1 Å². The highest BCUT2D eigenvalue weighted by molar-refractivity contribution is 7.89. The average Bonchev–Trinajstić information content (AvgIpc) is 3.13. The molecular formula is C21H29N5O7S. The highest BCUT2D eigenvalue weighted by atomic mass is 32.2. The number of nitrogens with zero attached hydrogens (tertiary/aromatic N) is 4. The smallest absolute Gasteiger partial charge is 0.272 e. The summed E-state index contributed by atoms with van der Waals surface area (Å²) in [6.45, 7) is 8.91. The summed E-state index contributed by atoms with van der Waals surface area (Å²) in [5.41, 5.74) is 0.210. The molecule has 3 rings (SSSR count). The van der Waals surface area contributed by atoms with Crippen molar-refractivity contribution in [1.82, 2.24) is 19.4 Å². The lowest BCUT2D eigenvalue weighted by Crippen LogP contribution is -2.40. The van der Waals surface area contributed by atoms with Crippen LogP contribution in [0.4, 0.5) is 5.69 Å². The average molecular weight is 496 g/mol. The van der Waals surface area contributed by atoms with Gasteiger partial charge in [-0.15, -0.1) is 0 Å². The van der Waals surface area contributed by atoms with Crippen molar-refractivity contribution in [2.75, 3.05) is 32.8 Å². The summed E-state index contributed by atoms with van der Waals surface area (Å²) in [5.74, 6) is -0.0252. The number of benzene rings is 1. The Bertz CT molecular complexity index is 1170. The molecule has 1 saturated heterocycles. The van der Waals surface area contributed by atoms with Gasteiger partial charge in [0.05, 0.1) is 18.1 Å². The van der Waals surface area contributed by atoms with Gasteiger partial charge in [0.2, 0.25) is 15.9 Å². The standard InChI is InChI=1S/C21H29N5O7S/c1-5-25-21(15(4)19(23-25)20(27)22-13-14(2)3)33-17-7-6-16(26(28)29)12-18(17)34(30,31)24-8-10-32-11-9-24/h6-7,12,14H,5,8-11,13H2,1-4H3,(H,22,27). The molecule has 2 heterocycles. The molecule has 0 radical (unpaired) electrons. The van der Waals surface area contributed by atoms with E-state index >= 15 is 0 Å². The SMILES string of the molecule is CCn1nc(C(=O)NCC(C)C)c(C)c1Oc1ccc([N+](=O)[O-])cc1S(=O)(=O)N1CCOCC1. The zero-order valence-corrected chi connectivity index (χ0v) is 20.4. The fraction of sp³-hybridized carbons (Fsp3) is 0.524. The number of ether oxygens (including phenoxy) is 2. The topological polar surface area (TPSA) is 146 Å². The molecule has 1 aromatic carbocycles. The van der Waals surface area contributed by atoms with E-state index < -0.39 is 14.9 Å². The third-order valence-corrected chi connectivity index (χ3v) is 7.17. The van der Waals surface area contributed by atoms with Crippen LogP contribution in [-0.2, 0) is 21.3 Å². The zero-order valence-electron chi connectivity index (χ0n) is 19.6. The van der Waals surface area contributed by atoms with Crippen LogP contribution in [0.5, 0.6) is 11.6 Å². The summed E-state index contributed by atoms with van der Waals surface area (Å²) in [6.07, 6.45) is 0. The van der Waals surface area contributed by atoms with Crippen molar-refractivity contribution in [2.24, 2.45) is 5.92 Å². The fourth-order valence-electron chi connectivity index (χ4n) is 3.40. The Hall–Kier alpha value is -3.03. The first-order valence-corrected chi connectivity index (χ1v) is 12.4. The molecular weight excluding hydrogens is 466 g/mol. The van der Waals surface area contributed by atoms with Crippen LogP contribution in [0.3, 0.4) is 0 Å². The first-order valence-electron chi connectivity index (χ1n) is 11.0. The van der Waals surface area contributed by atoms with Crippen LogP contribution in [0.1, 0.15) is 36.8 Å². The minimum atomic E-state index is -4.11. The highest BCUT2D eigenvalue weighted by Gasteiger charge is 2.32. The number of rotatable bonds is 9. The number of amides is 1. The molecule has 12 nitrogen and oxygen atoms in total. The van der Waals surface area contributed by atoms with Gasteiger partial charge in [-0.1, -0.05) is 13.8 Å². The number of nitro groups is 1. The summed E-state index contributed by atoms with van der Waals surface area (Å²) in [4.78, 5) is 23.0. The van der Waals surface area contributed by atoms with E-state index in [0.717, 1.165) is 6.07 Å². The minimum Gasteiger partial charge on any atom is -0.438 e. The van der Waals surface area contributed by atoms with Gasteiger partial charge >= 0.3 is 0 Å². The second kappa shape index (κ2) is 10.5. The number of aromatic nitrogens is 2. The first kappa shape index (κ1) is 25.6. The van der Waals surface area contributed by atoms with Gasteiger partial charge in [-0.2, -0.15) is 9.40 Å². The Labute approximate surface area is 198 Å². The van der Waals surface area contributed by atoms with E-state index in [1.165, 1.54) is 21.1 Å². The molecule has 1 aliphatic heterocycles. The number of hydrogen-bond acceptors (Lipinski definition) is 8. The van der Waals surface area contributed by atoms with E-state index in [0.29, 0.717) is 18.7 Å². The van der Waals surface area contributed by atoms with E-state index in [9.17, 15) is 23.3 Å². The molecule has 0 aliphatic carbocycles. The molecule has 0 saturated carbocycles. The van der Waals surface area contributed by atoms with Gasteiger partial charge in [0.15, 0.2) is 5.69 Å². The maximum atomic E-state index is 13.4. The van der Waals surface area contributed by atoms with Gasteiger partial charge in [-0.3, -0.25) is 14.9 Å². The highest BCUT2D eigenvalue weighted by Crippen LogP contribution is 2.36. The normalized spacial score (nSPS) is 14.9. The molecule has 13 heteroatoms. The Morgan fingerprint density at radius 2 is 2.00 bits per heavy atom. The molecule has 186 valence electrons. The number of morpholine rings is 1. The van der Waals surface area contributed by atoms with E-state index in [4.69, 9.17) is 9.47 Å². The lowest BCUT2D eigenvalue weighted by molar-refractivity contribution is -0.385. The third kappa shape index (κ3) is 5.37. The van der Waals surface area contributed by atoms with E-state index in [2.05, 4.69) is 10.4 Å². The van der Waals surface area contributed by atoms with Gasteiger partial charge in [0, 0.05) is 43.9 Å². The molecule has 1 aliphatic rings. The minimum absolute atomic E-state index is 0.0936. The summed E-state index contributed by atoms with van der Waals surface area (Å²) in [5, 5.41) is 18.5. The van der Waals surface area contributed by atoms with Gasteiger partial charge in [0.1, 0.15) is 10.6 Å². The predicted octanol–water partition coefficient (Wildman–Crippen LogP) is 2.32. The van der Waals surface area contributed by atoms with Crippen molar-refractivity contribution in [3.63, 3.8) is 0 Å². The number of nitro benzene ring substituents is 1. The molecule has 0 atom stereocenters. The molecule has 34 heavy (non-hydrogen) atoms. The van der Waals surface area contributed by atoms with Crippen LogP contribution in [-0.4, -0.2) is 66.2 Å². The van der Waals surface area contributed by atoms with Crippen LogP contribution in [0.25, 0.3) is 0 Å². The molecule has 2 aromatic rings. The van der Waals surface area contributed by atoms with Crippen molar-refractivity contribution in [3.8, 4) is 11.6 Å². The molecule has 0 spiro atoms. The van der Waals surface area contributed by atoms with Crippen molar-refractivity contribution in [1.29, 1.82) is 0 Å². The van der Waals surface area contributed by atoms with E-state index in [1.54, 1.807) is 13.8 Å².